The maximum absolute atomic E-state index is 5.48. The van der Waals surface area contributed by atoms with Crippen LogP contribution in [0.1, 0.15) is 26.7 Å². The number of nitrogen functional groups attached to an aromatic ring is 1. The van der Waals surface area contributed by atoms with Crippen molar-refractivity contribution in [1.29, 1.82) is 0 Å². The molecule has 0 amide bonds. The van der Waals surface area contributed by atoms with Crippen LogP contribution in [0, 0.1) is 5.92 Å². The maximum atomic E-state index is 5.48. The van der Waals surface area contributed by atoms with E-state index in [4.69, 9.17) is 5.73 Å². The van der Waals surface area contributed by atoms with Crippen molar-refractivity contribution in [3.8, 4) is 0 Å². The van der Waals surface area contributed by atoms with Crippen LogP contribution in [0.3, 0.4) is 0 Å². The monoisotopic (exact) mass is 193 g/mol. The molecule has 1 aromatic heterocycles. The number of pyridine rings is 1. The third-order valence-electron chi connectivity index (χ3n) is 2.07. The van der Waals surface area contributed by atoms with Gasteiger partial charge in [-0.2, -0.15) is 0 Å². The topological polar surface area (TPSA) is 50.9 Å². The lowest BCUT2D eigenvalue weighted by Gasteiger charge is -2.07. The van der Waals surface area contributed by atoms with Crippen molar-refractivity contribution in [1.82, 2.24) is 4.98 Å². The van der Waals surface area contributed by atoms with Crippen LogP contribution in [-0.4, -0.2) is 11.5 Å². The van der Waals surface area contributed by atoms with Crippen LogP contribution in [0.15, 0.2) is 18.3 Å². The molecule has 0 aliphatic rings. The van der Waals surface area contributed by atoms with E-state index in [1.54, 1.807) is 6.20 Å². The minimum absolute atomic E-state index is 0.567. The lowest BCUT2D eigenvalue weighted by molar-refractivity contribution is 0.567. The predicted octanol–water partition coefficient (Wildman–Crippen LogP) is 2.51. The summed E-state index contributed by atoms with van der Waals surface area (Å²) >= 11 is 0. The summed E-state index contributed by atoms with van der Waals surface area (Å²) in [5.74, 6) is 1.35. The smallest absolute Gasteiger partial charge is 0.123 e. The molecule has 0 aliphatic heterocycles. The van der Waals surface area contributed by atoms with E-state index in [-0.39, 0.29) is 0 Å². The second-order valence-electron chi connectivity index (χ2n) is 3.93. The largest absolute Gasteiger partial charge is 0.384 e. The van der Waals surface area contributed by atoms with Gasteiger partial charge < -0.3 is 11.1 Å². The normalized spacial score (nSPS) is 10.5. The summed E-state index contributed by atoms with van der Waals surface area (Å²) in [6.45, 7) is 5.49. The van der Waals surface area contributed by atoms with Gasteiger partial charge in [-0.3, -0.25) is 0 Å². The highest BCUT2D eigenvalue weighted by Gasteiger charge is 1.95. The van der Waals surface area contributed by atoms with Crippen molar-refractivity contribution in [2.45, 2.75) is 26.7 Å². The van der Waals surface area contributed by atoms with Crippen LogP contribution in [0.25, 0.3) is 0 Å². The summed E-state index contributed by atoms with van der Waals surface area (Å²) in [5.41, 5.74) is 6.53. The fourth-order valence-electron chi connectivity index (χ4n) is 1.25. The van der Waals surface area contributed by atoms with Gasteiger partial charge in [-0.25, -0.2) is 4.98 Å². The van der Waals surface area contributed by atoms with Crippen molar-refractivity contribution in [2.75, 3.05) is 17.6 Å². The molecule has 0 fully saturated rings. The van der Waals surface area contributed by atoms with Crippen LogP contribution in [0.5, 0.6) is 0 Å². The van der Waals surface area contributed by atoms with Crippen molar-refractivity contribution >= 4 is 11.5 Å². The molecule has 0 unspecified atom stereocenters. The Morgan fingerprint density at radius 1 is 1.43 bits per heavy atom. The van der Waals surface area contributed by atoms with Crippen molar-refractivity contribution < 1.29 is 0 Å². The minimum Gasteiger partial charge on any atom is -0.384 e. The molecule has 14 heavy (non-hydrogen) atoms. The Morgan fingerprint density at radius 3 is 2.79 bits per heavy atom. The third kappa shape index (κ3) is 4.12. The van der Waals surface area contributed by atoms with E-state index in [1.165, 1.54) is 12.8 Å². The molecule has 0 bridgehead atoms. The summed E-state index contributed by atoms with van der Waals surface area (Å²) in [7, 11) is 0. The highest BCUT2D eigenvalue weighted by Crippen LogP contribution is 2.08. The molecule has 0 radical (unpaired) electrons. The third-order valence-corrected chi connectivity index (χ3v) is 2.07. The summed E-state index contributed by atoms with van der Waals surface area (Å²) in [6, 6.07) is 3.77. The second-order valence-corrected chi connectivity index (χ2v) is 3.93. The molecule has 0 spiro atoms. The molecule has 3 heteroatoms. The molecule has 3 N–H and O–H groups in total. The fraction of sp³-hybridized carbons (Fsp3) is 0.545. The first-order valence-corrected chi connectivity index (χ1v) is 5.14. The van der Waals surface area contributed by atoms with Gasteiger partial charge in [0.05, 0.1) is 11.9 Å². The minimum atomic E-state index is 0.567. The Balaban J connectivity index is 2.21. The molecule has 3 nitrogen and oxygen atoms in total. The number of nitrogens with two attached hydrogens (primary N) is 1. The van der Waals surface area contributed by atoms with Gasteiger partial charge in [0, 0.05) is 6.54 Å². The van der Waals surface area contributed by atoms with Gasteiger partial charge in [-0.1, -0.05) is 13.8 Å². The lowest BCUT2D eigenvalue weighted by atomic mass is 10.1. The number of hydrogen-bond donors (Lipinski definition) is 2. The van der Waals surface area contributed by atoms with E-state index in [9.17, 15) is 0 Å². The first-order chi connectivity index (χ1) is 6.68. The number of hydrogen-bond acceptors (Lipinski definition) is 3. The van der Waals surface area contributed by atoms with Crippen molar-refractivity contribution in [3.63, 3.8) is 0 Å². The number of rotatable bonds is 5. The van der Waals surface area contributed by atoms with E-state index >= 15 is 0 Å². The zero-order valence-corrected chi connectivity index (χ0v) is 8.96. The molecule has 0 aromatic carbocycles. The highest BCUT2D eigenvalue weighted by molar-refractivity contribution is 5.45. The quantitative estimate of drug-likeness (QED) is 0.706. The standard InChI is InChI=1S/C11H19N3/c1-9(2)4-3-7-13-10-5-6-11(12)14-8-10/h5-6,8-9,13H,3-4,7H2,1-2H3,(H2,12,14). The SMILES string of the molecule is CC(C)CCCNc1ccc(N)nc1. The second kappa shape index (κ2) is 5.47. The Kier molecular flexibility index (Phi) is 4.23. The zero-order chi connectivity index (χ0) is 10.4. The van der Waals surface area contributed by atoms with Crippen LogP contribution in [0.4, 0.5) is 11.5 Å². The van der Waals surface area contributed by atoms with Gasteiger partial charge in [0.15, 0.2) is 0 Å². The Morgan fingerprint density at radius 2 is 2.21 bits per heavy atom. The van der Waals surface area contributed by atoms with Crippen LogP contribution >= 0.6 is 0 Å². The molecule has 0 saturated carbocycles. The molecule has 0 saturated heterocycles. The zero-order valence-electron chi connectivity index (χ0n) is 8.96. The van der Waals surface area contributed by atoms with Crippen LogP contribution in [0.2, 0.25) is 0 Å². The Hall–Kier alpha value is -1.25. The fourth-order valence-corrected chi connectivity index (χ4v) is 1.25. The Bertz CT molecular complexity index is 254. The number of anilines is 2. The number of nitrogens with one attached hydrogen (secondary N) is 1. The first-order valence-electron chi connectivity index (χ1n) is 5.14. The maximum Gasteiger partial charge on any atom is 0.123 e. The molecular weight excluding hydrogens is 174 g/mol. The summed E-state index contributed by atoms with van der Waals surface area (Å²) in [4.78, 5) is 4.01. The summed E-state index contributed by atoms with van der Waals surface area (Å²) < 4.78 is 0. The van der Waals surface area contributed by atoms with E-state index < -0.39 is 0 Å². The van der Waals surface area contributed by atoms with E-state index in [2.05, 4.69) is 24.1 Å². The molecule has 0 aliphatic carbocycles. The Labute approximate surface area is 85.7 Å². The van der Waals surface area contributed by atoms with Gasteiger partial charge in [-0.15, -0.1) is 0 Å². The van der Waals surface area contributed by atoms with Gasteiger partial charge in [-0.05, 0) is 30.9 Å². The van der Waals surface area contributed by atoms with E-state index in [1.807, 2.05) is 12.1 Å². The van der Waals surface area contributed by atoms with Crippen molar-refractivity contribution in [2.24, 2.45) is 5.92 Å². The molecule has 1 rings (SSSR count). The van der Waals surface area contributed by atoms with E-state index in [0.29, 0.717) is 5.82 Å². The number of aromatic nitrogens is 1. The summed E-state index contributed by atoms with van der Waals surface area (Å²) in [6.07, 6.45) is 4.22. The first kappa shape index (κ1) is 10.8. The molecule has 1 heterocycles. The van der Waals surface area contributed by atoms with Gasteiger partial charge >= 0.3 is 0 Å². The van der Waals surface area contributed by atoms with Crippen LogP contribution < -0.4 is 11.1 Å². The van der Waals surface area contributed by atoms with Gasteiger partial charge in [0.1, 0.15) is 5.82 Å². The average Bonchev–Trinajstić information content (AvgIpc) is 2.15. The van der Waals surface area contributed by atoms with Crippen molar-refractivity contribution in [3.05, 3.63) is 18.3 Å². The molecule has 78 valence electrons. The van der Waals surface area contributed by atoms with E-state index in [0.717, 1.165) is 18.2 Å². The average molecular weight is 193 g/mol. The lowest BCUT2D eigenvalue weighted by Crippen LogP contribution is -2.03. The summed E-state index contributed by atoms with van der Waals surface area (Å²) in [5, 5.41) is 3.31. The van der Waals surface area contributed by atoms with Crippen LogP contribution in [-0.2, 0) is 0 Å². The van der Waals surface area contributed by atoms with Gasteiger partial charge in [0.2, 0.25) is 0 Å². The predicted molar refractivity (Wildman–Crippen MR) is 61.2 cm³/mol. The number of nitrogens with zero attached hydrogens (tertiary/aromatic N) is 1. The highest BCUT2D eigenvalue weighted by atomic mass is 14.9. The van der Waals surface area contributed by atoms with Gasteiger partial charge in [0.25, 0.3) is 0 Å². The molecular formula is C11H19N3. The molecule has 0 atom stereocenters. The molecule has 1 aromatic rings.